The molecule has 0 atom stereocenters. The summed E-state index contributed by atoms with van der Waals surface area (Å²) in [7, 11) is 0. The van der Waals surface area contributed by atoms with Crippen molar-refractivity contribution in [2.45, 2.75) is 13.8 Å². The Morgan fingerprint density at radius 2 is 1.90 bits per heavy atom. The molecular weight excluding hydrogens is 293 g/mol. The summed E-state index contributed by atoms with van der Waals surface area (Å²) < 4.78 is 5.73. The number of rotatable bonds is 5. The highest BCUT2D eigenvalue weighted by atomic mass is 35.5. The van der Waals surface area contributed by atoms with Gasteiger partial charge in [0.15, 0.2) is 0 Å². The zero-order valence-electron chi connectivity index (χ0n) is 11.5. The molecule has 0 aliphatic heterocycles. The van der Waals surface area contributed by atoms with Crippen LogP contribution in [0.2, 0.25) is 10.0 Å². The van der Waals surface area contributed by atoms with E-state index >= 15 is 0 Å². The molecule has 0 aromatic heterocycles. The van der Waals surface area contributed by atoms with Gasteiger partial charge >= 0.3 is 0 Å². The molecule has 0 heterocycles. The molecule has 0 amide bonds. The van der Waals surface area contributed by atoms with Gasteiger partial charge in [0.25, 0.3) is 0 Å². The number of ether oxygens (including phenoxy) is 1. The van der Waals surface area contributed by atoms with E-state index in [1.165, 1.54) is 0 Å². The second-order valence-corrected chi connectivity index (χ2v) is 5.44. The zero-order valence-corrected chi connectivity index (χ0v) is 13.1. The molecule has 0 bridgehead atoms. The fraction of sp³-hybridized carbons (Fsp3) is 0.250. The number of aryl methyl sites for hydroxylation is 1. The van der Waals surface area contributed by atoms with Crippen molar-refractivity contribution in [2.75, 3.05) is 18.5 Å². The first-order valence-electron chi connectivity index (χ1n) is 6.46. The van der Waals surface area contributed by atoms with Crippen molar-refractivity contribution in [3.8, 4) is 5.75 Å². The summed E-state index contributed by atoms with van der Waals surface area (Å²) in [6, 6.07) is 11.4. The molecule has 2 nitrogen and oxygen atoms in total. The van der Waals surface area contributed by atoms with Crippen LogP contribution >= 0.6 is 23.2 Å². The third-order valence-corrected chi connectivity index (χ3v) is 3.72. The molecule has 2 aromatic rings. The summed E-state index contributed by atoms with van der Waals surface area (Å²) in [5, 5.41) is 4.81. The summed E-state index contributed by atoms with van der Waals surface area (Å²) in [6.07, 6.45) is 0. The van der Waals surface area contributed by atoms with Crippen LogP contribution in [0, 0.1) is 13.8 Å². The van der Waals surface area contributed by atoms with Crippen molar-refractivity contribution in [2.24, 2.45) is 0 Å². The van der Waals surface area contributed by atoms with Gasteiger partial charge in [-0.3, -0.25) is 0 Å². The van der Waals surface area contributed by atoms with Gasteiger partial charge in [0.05, 0.1) is 0 Å². The quantitative estimate of drug-likeness (QED) is 0.776. The number of benzene rings is 2. The predicted molar refractivity (Wildman–Crippen MR) is 86.4 cm³/mol. The lowest BCUT2D eigenvalue weighted by atomic mass is 10.2. The van der Waals surface area contributed by atoms with Crippen LogP contribution in [0.15, 0.2) is 36.4 Å². The van der Waals surface area contributed by atoms with Gasteiger partial charge < -0.3 is 10.1 Å². The van der Waals surface area contributed by atoms with Gasteiger partial charge in [-0.1, -0.05) is 29.3 Å². The van der Waals surface area contributed by atoms with E-state index in [1.54, 1.807) is 0 Å². The minimum Gasteiger partial charge on any atom is -0.491 e. The summed E-state index contributed by atoms with van der Waals surface area (Å²) in [5.41, 5.74) is 3.13. The summed E-state index contributed by atoms with van der Waals surface area (Å²) in [5.74, 6) is 0.860. The second kappa shape index (κ2) is 6.87. The molecule has 0 saturated heterocycles. The van der Waals surface area contributed by atoms with Gasteiger partial charge in [-0.15, -0.1) is 0 Å². The van der Waals surface area contributed by atoms with Crippen LogP contribution in [0.3, 0.4) is 0 Å². The molecule has 0 fully saturated rings. The molecule has 0 spiro atoms. The average molecular weight is 310 g/mol. The maximum atomic E-state index is 6.07. The van der Waals surface area contributed by atoms with E-state index in [1.807, 2.05) is 50.2 Å². The topological polar surface area (TPSA) is 21.3 Å². The van der Waals surface area contributed by atoms with Gasteiger partial charge in [-0.2, -0.15) is 0 Å². The number of hydrogen-bond acceptors (Lipinski definition) is 2. The predicted octanol–water partition coefficient (Wildman–Crippen LogP) is 5.10. The van der Waals surface area contributed by atoms with Gasteiger partial charge in [0.1, 0.15) is 12.4 Å². The molecule has 20 heavy (non-hydrogen) atoms. The lowest BCUT2D eigenvalue weighted by molar-refractivity contribution is 0.330. The van der Waals surface area contributed by atoms with Gasteiger partial charge in [0.2, 0.25) is 0 Å². The largest absolute Gasteiger partial charge is 0.491 e. The van der Waals surface area contributed by atoms with Crippen LogP contribution in [0.4, 0.5) is 5.69 Å². The maximum Gasteiger partial charge on any atom is 0.122 e. The summed E-state index contributed by atoms with van der Waals surface area (Å²) in [6.45, 7) is 5.27. The minimum absolute atomic E-state index is 0.578. The summed E-state index contributed by atoms with van der Waals surface area (Å²) >= 11 is 12.0. The van der Waals surface area contributed by atoms with Crippen molar-refractivity contribution >= 4 is 28.9 Å². The Hall–Kier alpha value is -1.38. The first kappa shape index (κ1) is 15.0. The monoisotopic (exact) mass is 309 g/mol. The molecule has 0 radical (unpaired) electrons. The Morgan fingerprint density at radius 3 is 2.65 bits per heavy atom. The summed E-state index contributed by atoms with van der Waals surface area (Å²) in [4.78, 5) is 0. The van der Waals surface area contributed by atoms with E-state index in [-0.39, 0.29) is 0 Å². The normalized spacial score (nSPS) is 10.4. The highest BCUT2D eigenvalue weighted by molar-refractivity contribution is 6.31. The Morgan fingerprint density at radius 1 is 1.10 bits per heavy atom. The van der Waals surface area contributed by atoms with Gasteiger partial charge in [-0.05, 0) is 55.3 Å². The van der Waals surface area contributed by atoms with E-state index in [2.05, 4.69) is 5.32 Å². The lowest BCUT2D eigenvalue weighted by Gasteiger charge is -2.12. The molecule has 4 heteroatoms. The van der Waals surface area contributed by atoms with E-state index < -0.39 is 0 Å². The SMILES string of the molecule is Cc1cc(Cl)ccc1OCCNc1cccc(Cl)c1C. The second-order valence-electron chi connectivity index (χ2n) is 4.60. The fourth-order valence-corrected chi connectivity index (χ4v) is 2.32. The fourth-order valence-electron chi connectivity index (χ4n) is 1.92. The van der Waals surface area contributed by atoms with Crippen molar-refractivity contribution in [3.05, 3.63) is 57.6 Å². The van der Waals surface area contributed by atoms with Crippen LogP contribution in [0.5, 0.6) is 5.75 Å². The van der Waals surface area contributed by atoms with E-state index in [9.17, 15) is 0 Å². The van der Waals surface area contributed by atoms with Crippen LogP contribution in [0.1, 0.15) is 11.1 Å². The van der Waals surface area contributed by atoms with Crippen LogP contribution < -0.4 is 10.1 Å². The molecule has 2 rings (SSSR count). The number of halogens is 2. The molecule has 1 N–H and O–H groups in total. The minimum atomic E-state index is 0.578. The van der Waals surface area contributed by atoms with E-state index in [0.717, 1.165) is 32.6 Å². The Bertz CT molecular complexity index is 599. The maximum absolute atomic E-state index is 6.07. The highest BCUT2D eigenvalue weighted by Gasteiger charge is 2.02. The van der Waals surface area contributed by atoms with Crippen LogP contribution in [0.25, 0.3) is 0 Å². The molecule has 106 valence electrons. The van der Waals surface area contributed by atoms with E-state index in [0.29, 0.717) is 13.2 Å². The number of nitrogens with one attached hydrogen (secondary N) is 1. The highest BCUT2D eigenvalue weighted by Crippen LogP contribution is 2.23. The lowest BCUT2D eigenvalue weighted by Crippen LogP contribution is -2.12. The van der Waals surface area contributed by atoms with Crippen molar-refractivity contribution < 1.29 is 4.74 Å². The Balaban J connectivity index is 1.86. The number of anilines is 1. The third-order valence-electron chi connectivity index (χ3n) is 3.08. The van der Waals surface area contributed by atoms with Crippen LogP contribution in [-0.2, 0) is 0 Å². The molecule has 0 unspecified atom stereocenters. The first-order chi connectivity index (χ1) is 9.58. The van der Waals surface area contributed by atoms with Crippen molar-refractivity contribution in [1.29, 1.82) is 0 Å². The Kier molecular flexibility index (Phi) is 5.16. The van der Waals surface area contributed by atoms with Gasteiger partial charge in [0, 0.05) is 22.3 Å². The first-order valence-corrected chi connectivity index (χ1v) is 7.21. The Labute approximate surface area is 129 Å². The molecule has 0 aliphatic carbocycles. The van der Waals surface area contributed by atoms with Crippen molar-refractivity contribution in [1.82, 2.24) is 0 Å². The molecule has 2 aromatic carbocycles. The number of hydrogen-bond donors (Lipinski definition) is 1. The zero-order chi connectivity index (χ0) is 14.5. The smallest absolute Gasteiger partial charge is 0.122 e. The van der Waals surface area contributed by atoms with Crippen molar-refractivity contribution in [3.63, 3.8) is 0 Å². The molecule has 0 aliphatic rings. The van der Waals surface area contributed by atoms with Crippen LogP contribution in [-0.4, -0.2) is 13.2 Å². The molecule has 0 saturated carbocycles. The standard InChI is InChI=1S/C16H17Cl2NO/c1-11-10-13(17)6-7-16(11)20-9-8-19-15-5-3-4-14(18)12(15)2/h3-7,10,19H,8-9H2,1-2H3. The average Bonchev–Trinajstić information content (AvgIpc) is 2.41. The molecular formula is C16H17Cl2NO. The van der Waals surface area contributed by atoms with Gasteiger partial charge in [-0.25, -0.2) is 0 Å². The van der Waals surface area contributed by atoms with E-state index in [4.69, 9.17) is 27.9 Å². The third kappa shape index (κ3) is 3.81.